The number of benzene rings is 1. The van der Waals surface area contributed by atoms with Crippen molar-refractivity contribution in [1.29, 1.82) is 0 Å². The van der Waals surface area contributed by atoms with Gasteiger partial charge >= 0.3 is 0 Å². The summed E-state index contributed by atoms with van der Waals surface area (Å²) < 4.78 is 10.9. The van der Waals surface area contributed by atoms with Crippen LogP contribution in [0.15, 0.2) is 34.7 Å². The van der Waals surface area contributed by atoms with Gasteiger partial charge in [-0.2, -0.15) is 0 Å². The van der Waals surface area contributed by atoms with E-state index in [-0.39, 0.29) is 5.91 Å². The highest BCUT2D eigenvalue weighted by molar-refractivity contribution is 5.75. The largest absolute Gasteiger partial charge is 0.421 e. The molecule has 23 heavy (non-hydrogen) atoms. The van der Waals surface area contributed by atoms with Gasteiger partial charge in [0.25, 0.3) is 0 Å². The molecule has 1 aliphatic rings. The number of aryl methyl sites for hydroxylation is 1. The average molecular weight is 315 g/mol. The summed E-state index contributed by atoms with van der Waals surface area (Å²) in [4.78, 5) is 11.8. The Hall–Kier alpha value is -2.21. The molecule has 1 amide bonds. The summed E-state index contributed by atoms with van der Waals surface area (Å²) in [6.45, 7) is 2.27. The van der Waals surface area contributed by atoms with Crippen LogP contribution >= 0.6 is 0 Å². The zero-order valence-electron chi connectivity index (χ0n) is 13.0. The fraction of sp³-hybridized carbons (Fsp3) is 0.471. The van der Waals surface area contributed by atoms with Crippen LogP contribution in [0.5, 0.6) is 0 Å². The number of ether oxygens (including phenoxy) is 1. The van der Waals surface area contributed by atoms with Gasteiger partial charge in [0, 0.05) is 37.5 Å². The summed E-state index contributed by atoms with van der Waals surface area (Å²) in [5, 5.41) is 11.0. The molecule has 1 unspecified atom stereocenters. The number of nitrogens with zero attached hydrogens (tertiary/aromatic N) is 2. The molecule has 1 aromatic carbocycles. The second-order valence-electron chi connectivity index (χ2n) is 5.75. The van der Waals surface area contributed by atoms with Crippen molar-refractivity contribution < 1.29 is 13.9 Å². The number of carbonyl (C=O) groups is 1. The van der Waals surface area contributed by atoms with Gasteiger partial charge in [0.05, 0.1) is 6.61 Å². The van der Waals surface area contributed by atoms with Crippen molar-refractivity contribution in [2.45, 2.75) is 25.7 Å². The van der Waals surface area contributed by atoms with E-state index in [0.29, 0.717) is 43.5 Å². The first-order valence-electron chi connectivity index (χ1n) is 8.03. The number of aromatic nitrogens is 2. The second kappa shape index (κ2) is 7.87. The standard InChI is InChI=1S/C17H21N3O3/c21-15(18-11-13-9-10-22-12-13)7-4-8-16-19-20-17(23-16)14-5-2-1-3-6-14/h1-3,5-6,13H,4,7-12H2,(H,18,21). The van der Waals surface area contributed by atoms with Crippen molar-refractivity contribution in [3.63, 3.8) is 0 Å². The molecule has 6 nitrogen and oxygen atoms in total. The molecule has 1 fully saturated rings. The average Bonchev–Trinajstić information content (AvgIpc) is 3.26. The number of carbonyl (C=O) groups excluding carboxylic acids is 1. The van der Waals surface area contributed by atoms with Crippen LogP contribution in [0.25, 0.3) is 11.5 Å². The molecular formula is C17H21N3O3. The van der Waals surface area contributed by atoms with Gasteiger partial charge in [0.1, 0.15) is 0 Å². The summed E-state index contributed by atoms with van der Waals surface area (Å²) in [6.07, 6.45) is 2.81. The SMILES string of the molecule is O=C(CCCc1nnc(-c2ccccc2)o1)NCC1CCOC1. The summed E-state index contributed by atoms with van der Waals surface area (Å²) in [6, 6.07) is 9.66. The third kappa shape index (κ3) is 4.63. The summed E-state index contributed by atoms with van der Waals surface area (Å²) in [5.41, 5.74) is 0.905. The van der Waals surface area contributed by atoms with Gasteiger partial charge in [-0.05, 0) is 25.0 Å². The van der Waals surface area contributed by atoms with Crippen LogP contribution in [-0.2, 0) is 16.0 Å². The first kappa shape index (κ1) is 15.7. The van der Waals surface area contributed by atoms with E-state index < -0.39 is 0 Å². The van der Waals surface area contributed by atoms with Crippen molar-refractivity contribution >= 4 is 5.91 Å². The lowest BCUT2D eigenvalue weighted by molar-refractivity contribution is -0.121. The van der Waals surface area contributed by atoms with E-state index in [2.05, 4.69) is 15.5 Å². The van der Waals surface area contributed by atoms with Gasteiger partial charge in [-0.1, -0.05) is 18.2 Å². The minimum Gasteiger partial charge on any atom is -0.421 e. The lowest BCUT2D eigenvalue weighted by atomic mass is 10.1. The van der Waals surface area contributed by atoms with E-state index in [1.807, 2.05) is 30.3 Å². The Morgan fingerprint density at radius 2 is 2.13 bits per heavy atom. The normalized spacial score (nSPS) is 17.3. The minimum absolute atomic E-state index is 0.0692. The highest BCUT2D eigenvalue weighted by atomic mass is 16.5. The lowest BCUT2D eigenvalue weighted by Gasteiger charge is -2.08. The van der Waals surface area contributed by atoms with Gasteiger partial charge < -0.3 is 14.5 Å². The van der Waals surface area contributed by atoms with Gasteiger partial charge in [-0.15, -0.1) is 10.2 Å². The highest BCUT2D eigenvalue weighted by Gasteiger charge is 2.16. The molecular weight excluding hydrogens is 294 g/mol. The third-order valence-corrected chi connectivity index (χ3v) is 3.89. The Kier molecular flexibility index (Phi) is 5.37. The molecule has 1 aliphatic heterocycles. The Bertz CT molecular complexity index is 621. The third-order valence-electron chi connectivity index (χ3n) is 3.89. The molecule has 2 heterocycles. The van der Waals surface area contributed by atoms with Crippen molar-refractivity contribution in [1.82, 2.24) is 15.5 Å². The molecule has 1 atom stereocenters. The van der Waals surface area contributed by atoms with Crippen LogP contribution in [0.1, 0.15) is 25.2 Å². The number of rotatable bonds is 7. The predicted octanol–water partition coefficient (Wildman–Crippen LogP) is 2.21. The smallest absolute Gasteiger partial charge is 0.247 e. The topological polar surface area (TPSA) is 77.2 Å². The zero-order chi connectivity index (χ0) is 15.9. The molecule has 1 N–H and O–H groups in total. The maximum atomic E-state index is 11.8. The van der Waals surface area contributed by atoms with Gasteiger partial charge in [-0.3, -0.25) is 4.79 Å². The summed E-state index contributed by atoms with van der Waals surface area (Å²) in [7, 11) is 0. The molecule has 2 aromatic rings. The van der Waals surface area contributed by atoms with Gasteiger partial charge in [0.15, 0.2) is 0 Å². The monoisotopic (exact) mass is 315 g/mol. The molecule has 6 heteroatoms. The maximum Gasteiger partial charge on any atom is 0.247 e. The molecule has 0 saturated carbocycles. The molecule has 1 aromatic heterocycles. The Morgan fingerprint density at radius 3 is 2.91 bits per heavy atom. The summed E-state index contributed by atoms with van der Waals surface area (Å²) >= 11 is 0. The maximum absolute atomic E-state index is 11.8. The van der Waals surface area contributed by atoms with Gasteiger partial charge in [0.2, 0.25) is 17.7 Å². The van der Waals surface area contributed by atoms with E-state index in [1.54, 1.807) is 0 Å². The van der Waals surface area contributed by atoms with Crippen LogP contribution in [-0.4, -0.2) is 35.9 Å². The minimum atomic E-state index is 0.0692. The quantitative estimate of drug-likeness (QED) is 0.847. The molecule has 1 saturated heterocycles. The lowest BCUT2D eigenvalue weighted by Crippen LogP contribution is -2.29. The fourth-order valence-electron chi connectivity index (χ4n) is 2.54. The van der Waals surface area contributed by atoms with E-state index in [0.717, 1.165) is 25.2 Å². The van der Waals surface area contributed by atoms with E-state index in [9.17, 15) is 4.79 Å². The van der Waals surface area contributed by atoms with Crippen molar-refractivity contribution in [2.24, 2.45) is 5.92 Å². The second-order valence-corrected chi connectivity index (χ2v) is 5.75. The van der Waals surface area contributed by atoms with Crippen molar-refractivity contribution in [2.75, 3.05) is 19.8 Å². The number of nitrogens with one attached hydrogen (secondary N) is 1. The van der Waals surface area contributed by atoms with E-state index >= 15 is 0 Å². The number of hydrogen-bond acceptors (Lipinski definition) is 5. The van der Waals surface area contributed by atoms with Crippen LogP contribution in [0.4, 0.5) is 0 Å². The Morgan fingerprint density at radius 1 is 1.26 bits per heavy atom. The van der Waals surface area contributed by atoms with Crippen LogP contribution in [0.3, 0.4) is 0 Å². The number of amides is 1. The molecule has 0 bridgehead atoms. The van der Waals surface area contributed by atoms with Crippen molar-refractivity contribution in [3.05, 3.63) is 36.2 Å². The Labute approximate surface area is 135 Å². The highest BCUT2D eigenvalue weighted by Crippen LogP contribution is 2.17. The van der Waals surface area contributed by atoms with E-state index in [1.165, 1.54) is 0 Å². The van der Waals surface area contributed by atoms with Crippen LogP contribution < -0.4 is 5.32 Å². The molecule has 0 aliphatic carbocycles. The first-order chi connectivity index (χ1) is 11.3. The van der Waals surface area contributed by atoms with Crippen LogP contribution in [0.2, 0.25) is 0 Å². The molecule has 0 radical (unpaired) electrons. The Balaban J connectivity index is 1.39. The summed E-state index contributed by atoms with van der Waals surface area (Å²) in [5.74, 6) is 1.62. The van der Waals surface area contributed by atoms with Gasteiger partial charge in [-0.25, -0.2) is 0 Å². The van der Waals surface area contributed by atoms with Crippen molar-refractivity contribution in [3.8, 4) is 11.5 Å². The molecule has 3 rings (SSSR count). The first-order valence-corrected chi connectivity index (χ1v) is 8.03. The fourth-order valence-corrected chi connectivity index (χ4v) is 2.54. The van der Waals surface area contributed by atoms with E-state index in [4.69, 9.17) is 9.15 Å². The zero-order valence-corrected chi connectivity index (χ0v) is 13.0. The molecule has 122 valence electrons. The number of hydrogen-bond donors (Lipinski definition) is 1. The molecule has 0 spiro atoms. The predicted molar refractivity (Wildman–Crippen MR) is 84.6 cm³/mol. The van der Waals surface area contributed by atoms with Crippen LogP contribution in [0, 0.1) is 5.92 Å².